The third kappa shape index (κ3) is 1.90. The molecule has 3 N–H and O–H groups in total. The first-order valence-electron chi connectivity index (χ1n) is 4.31. The molecule has 0 aliphatic carbocycles. The van der Waals surface area contributed by atoms with E-state index < -0.39 is 11.9 Å². The van der Waals surface area contributed by atoms with Crippen LogP contribution in [0.2, 0.25) is 0 Å². The molecule has 0 saturated heterocycles. The molecule has 0 spiro atoms. The van der Waals surface area contributed by atoms with Crippen LogP contribution in [0.15, 0.2) is 12.1 Å². The highest BCUT2D eigenvalue weighted by Crippen LogP contribution is 2.27. The molecule has 0 saturated carbocycles. The molecule has 0 atom stereocenters. The van der Waals surface area contributed by atoms with Crippen molar-refractivity contribution in [3.63, 3.8) is 0 Å². The lowest BCUT2D eigenvalue weighted by atomic mass is 10.0. The molecule has 0 heterocycles. The highest BCUT2D eigenvalue weighted by Gasteiger charge is 2.24. The number of hydrogen-bond donors (Lipinski definition) is 2. The summed E-state index contributed by atoms with van der Waals surface area (Å²) in [6.45, 7) is 0. The summed E-state index contributed by atoms with van der Waals surface area (Å²) in [6, 6.07) is 2.50. The topological polar surface area (TPSA) is 98.9 Å². The van der Waals surface area contributed by atoms with Gasteiger partial charge in [0.25, 0.3) is 0 Å². The summed E-state index contributed by atoms with van der Waals surface area (Å²) in [6.07, 6.45) is 0. The number of ether oxygens (including phenoxy) is 2. The molecule has 0 aromatic heterocycles. The molecular formula is C10H11NO5. The van der Waals surface area contributed by atoms with Gasteiger partial charge < -0.3 is 20.3 Å². The Morgan fingerprint density at radius 1 is 1.12 bits per heavy atom. The van der Waals surface area contributed by atoms with Gasteiger partial charge in [0.15, 0.2) is 0 Å². The Hall–Kier alpha value is -2.24. The zero-order valence-electron chi connectivity index (χ0n) is 8.81. The van der Waals surface area contributed by atoms with Crippen molar-refractivity contribution >= 4 is 17.6 Å². The summed E-state index contributed by atoms with van der Waals surface area (Å²) in [7, 11) is 2.28. The van der Waals surface area contributed by atoms with E-state index in [0.717, 1.165) is 14.2 Å². The summed E-state index contributed by atoms with van der Waals surface area (Å²) in [5, 5.41) is 9.50. The van der Waals surface area contributed by atoms with Crippen molar-refractivity contribution in [1.29, 1.82) is 0 Å². The fourth-order valence-corrected chi connectivity index (χ4v) is 1.24. The number of phenolic OH excluding ortho intramolecular Hbond substituents is 1. The van der Waals surface area contributed by atoms with Gasteiger partial charge in [-0.2, -0.15) is 0 Å². The van der Waals surface area contributed by atoms with Crippen LogP contribution in [0.1, 0.15) is 20.7 Å². The fourth-order valence-electron chi connectivity index (χ4n) is 1.24. The third-order valence-corrected chi connectivity index (χ3v) is 1.99. The van der Waals surface area contributed by atoms with Crippen molar-refractivity contribution in [3.05, 3.63) is 23.3 Å². The minimum Gasteiger partial charge on any atom is -0.507 e. The normalized spacial score (nSPS) is 9.62. The molecule has 6 heteroatoms. The fraction of sp³-hybridized carbons (Fsp3) is 0.200. The molecule has 16 heavy (non-hydrogen) atoms. The van der Waals surface area contributed by atoms with Crippen molar-refractivity contribution in [2.24, 2.45) is 0 Å². The summed E-state index contributed by atoms with van der Waals surface area (Å²) in [5.41, 5.74) is 5.08. The molecule has 0 aliphatic rings. The number of rotatable bonds is 2. The van der Waals surface area contributed by atoms with Gasteiger partial charge in [-0.3, -0.25) is 0 Å². The second kappa shape index (κ2) is 4.52. The van der Waals surface area contributed by atoms with E-state index in [1.807, 2.05) is 0 Å². The van der Waals surface area contributed by atoms with Gasteiger partial charge in [-0.1, -0.05) is 0 Å². The van der Waals surface area contributed by atoms with Crippen LogP contribution in [0, 0.1) is 0 Å². The van der Waals surface area contributed by atoms with Crippen molar-refractivity contribution < 1.29 is 24.2 Å². The van der Waals surface area contributed by atoms with Gasteiger partial charge in [0.05, 0.1) is 14.2 Å². The lowest BCUT2D eigenvalue weighted by molar-refractivity contribution is 0.0553. The molecule has 0 unspecified atom stereocenters. The molecule has 0 fully saturated rings. The molecule has 1 aromatic rings. The number of carbonyl (C=O) groups is 2. The van der Waals surface area contributed by atoms with E-state index >= 15 is 0 Å². The molecule has 1 aromatic carbocycles. The maximum absolute atomic E-state index is 11.4. The second-order valence-electron chi connectivity index (χ2n) is 2.91. The van der Waals surface area contributed by atoms with Gasteiger partial charge in [-0.25, -0.2) is 9.59 Å². The molecule has 0 amide bonds. The van der Waals surface area contributed by atoms with E-state index in [1.165, 1.54) is 12.1 Å². The number of methoxy groups -OCH3 is 2. The summed E-state index contributed by atoms with van der Waals surface area (Å²) >= 11 is 0. The molecule has 6 nitrogen and oxygen atoms in total. The number of esters is 2. The molecule has 0 bridgehead atoms. The van der Waals surface area contributed by atoms with E-state index in [-0.39, 0.29) is 22.6 Å². The SMILES string of the molecule is COC(=O)c1c(N)ccc(O)c1C(=O)OC. The lowest BCUT2D eigenvalue weighted by Crippen LogP contribution is -2.14. The molecule has 0 radical (unpaired) electrons. The smallest absolute Gasteiger partial charge is 0.342 e. The van der Waals surface area contributed by atoms with E-state index in [2.05, 4.69) is 9.47 Å². The predicted octanol–water partition coefficient (Wildman–Crippen LogP) is 0.548. The number of anilines is 1. The monoisotopic (exact) mass is 225 g/mol. The Kier molecular flexibility index (Phi) is 3.34. The van der Waals surface area contributed by atoms with Crippen molar-refractivity contribution in [2.45, 2.75) is 0 Å². The van der Waals surface area contributed by atoms with Crippen LogP contribution in [-0.4, -0.2) is 31.3 Å². The number of hydrogen-bond acceptors (Lipinski definition) is 6. The highest BCUT2D eigenvalue weighted by atomic mass is 16.5. The molecule has 86 valence electrons. The minimum atomic E-state index is -0.856. The quantitative estimate of drug-likeness (QED) is 0.433. The third-order valence-electron chi connectivity index (χ3n) is 1.99. The highest BCUT2D eigenvalue weighted by molar-refractivity contribution is 6.08. The second-order valence-corrected chi connectivity index (χ2v) is 2.91. The number of benzene rings is 1. The number of nitrogen functional groups attached to an aromatic ring is 1. The van der Waals surface area contributed by atoms with E-state index in [4.69, 9.17) is 5.73 Å². The standard InChI is InChI=1S/C10H11NO5/c1-15-9(13)7-5(11)3-4-6(12)8(7)10(14)16-2/h3-4,12H,11H2,1-2H3. The first-order chi connectivity index (χ1) is 7.52. The lowest BCUT2D eigenvalue weighted by Gasteiger charge is -2.10. The Bertz CT molecular complexity index is 400. The summed E-state index contributed by atoms with van der Waals surface area (Å²) in [5.74, 6) is -2.06. The van der Waals surface area contributed by atoms with Crippen LogP contribution < -0.4 is 5.73 Å². The van der Waals surface area contributed by atoms with Gasteiger partial charge >= 0.3 is 11.9 Å². The van der Waals surface area contributed by atoms with Gasteiger partial charge in [-0.05, 0) is 12.1 Å². The van der Waals surface area contributed by atoms with Crippen LogP contribution in [0.25, 0.3) is 0 Å². The number of phenols is 1. The van der Waals surface area contributed by atoms with Gasteiger partial charge in [0.1, 0.15) is 16.9 Å². The van der Waals surface area contributed by atoms with Gasteiger partial charge in [0.2, 0.25) is 0 Å². The Balaban J connectivity index is 3.49. The minimum absolute atomic E-state index is 0.0325. The van der Waals surface area contributed by atoms with E-state index in [0.29, 0.717) is 0 Å². The Morgan fingerprint density at radius 3 is 2.12 bits per heavy atom. The van der Waals surface area contributed by atoms with Crippen molar-refractivity contribution in [1.82, 2.24) is 0 Å². The van der Waals surface area contributed by atoms with E-state index in [9.17, 15) is 14.7 Å². The summed E-state index contributed by atoms with van der Waals surface area (Å²) in [4.78, 5) is 22.8. The predicted molar refractivity (Wildman–Crippen MR) is 55.2 cm³/mol. The average molecular weight is 225 g/mol. The average Bonchev–Trinajstić information content (AvgIpc) is 2.29. The number of nitrogens with two attached hydrogens (primary N) is 1. The van der Waals surface area contributed by atoms with Gasteiger partial charge in [0, 0.05) is 5.69 Å². The Labute approximate surface area is 91.6 Å². The number of carbonyl (C=O) groups excluding carboxylic acids is 2. The maximum Gasteiger partial charge on any atom is 0.342 e. The van der Waals surface area contributed by atoms with Crippen LogP contribution in [0.5, 0.6) is 5.75 Å². The molecular weight excluding hydrogens is 214 g/mol. The number of aromatic hydroxyl groups is 1. The van der Waals surface area contributed by atoms with Crippen molar-refractivity contribution in [2.75, 3.05) is 20.0 Å². The van der Waals surface area contributed by atoms with Crippen molar-refractivity contribution in [3.8, 4) is 5.75 Å². The van der Waals surface area contributed by atoms with Crippen LogP contribution >= 0.6 is 0 Å². The van der Waals surface area contributed by atoms with Crippen LogP contribution in [0.4, 0.5) is 5.69 Å². The Morgan fingerprint density at radius 2 is 1.62 bits per heavy atom. The van der Waals surface area contributed by atoms with Crippen LogP contribution in [0.3, 0.4) is 0 Å². The summed E-state index contributed by atoms with van der Waals surface area (Å²) < 4.78 is 8.91. The first-order valence-corrected chi connectivity index (χ1v) is 4.31. The van der Waals surface area contributed by atoms with Crippen LogP contribution in [-0.2, 0) is 9.47 Å². The zero-order chi connectivity index (χ0) is 12.3. The largest absolute Gasteiger partial charge is 0.507 e. The maximum atomic E-state index is 11.4. The van der Waals surface area contributed by atoms with E-state index in [1.54, 1.807) is 0 Å². The molecule has 1 rings (SSSR count). The molecule has 0 aliphatic heterocycles. The van der Waals surface area contributed by atoms with Gasteiger partial charge in [-0.15, -0.1) is 0 Å². The first kappa shape index (κ1) is 11.8. The zero-order valence-corrected chi connectivity index (χ0v) is 8.81.